The molecule has 0 fully saturated rings. The fourth-order valence-corrected chi connectivity index (χ4v) is 1.45. The number of carbonyl (C=O) groups excluding carboxylic acids is 1. The summed E-state index contributed by atoms with van der Waals surface area (Å²) >= 11 is 0. The van der Waals surface area contributed by atoms with Crippen LogP contribution >= 0.6 is 12.4 Å². The molecule has 1 amide bonds. The van der Waals surface area contributed by atoms with Gasteiger partial charge in [0.1, 0.15) is 6.10 Å². The van der Waals surface area contributed by atoms with Gasteiger partial charge >= 0.3 is 0 Å². The van der Waals surface area contributed by atoms with Crippen LogP contribution in [0.25, 0.3) is 0 Å². The molecule has 1 atom stereocenters. The Kier molecular flexibility index (Phi) is 8.32. The molecule has 1 aromatic rings. The second kappa shape index (κ2) is 8.88. The van der Waals surface area contributed by atoms with E-state index in [1.165, 1.54) is 7.11 Å². The molecule has 1 aromatic carbocycles. The smallest absolute Gasteiger partial charge is 0.254 e. The standard InChI is InChI=1S/C12H18N2O3.ClH/c1-16-8-9-5-3-4-6-10(9)14-12(15)11(7-13)17-2;/h3-6,11H,7-8,13H2,1-2H3,(H,14,15);1H. The molecule has 0 bridgehead atoms. The van der Waals surface area contributed by atoms with Crippen molar-refractivity contribution in [1.29, 1.82) is 0 Å². The molecule has 0 radical (unpaired) electrons. The van der Waals surface area contributed by atoms with Gasteiger partial charge in [-0.3, -0.25) is 4.79 Å². The number of ether oxygens (including phenoxy) is 2. The number of para-hydroxylation sites is 1. The first-order valence-corrected chi connectivity index (χ1v) is 5.33. The van der Waals surface area contributed by atoms with Crippen molar-refractivity contribution < 1.29 is 14.3 Å². The molecular weight excluding hydrogens is 256 g/mol. The van der Waals surface area contributed by atoms with Crippen molar-refractivity contribution in [2.75, 3.05) is 26.1 Å². The fraction of sp³-hybridized carbons (Fsp3) is 0.417. The summed E-state index contributed by atoms with van der Waals surface area (Å²) < 4.78 is 10.0. The Hall–Kier alpha value is -1.14. The maximum atomic E-state index is 11.8. The van der Waals surface area contributed by atoms with Crippen molar-refractivity contribution in [3.05, 3.63) is 29.8 Å². The third kappa shape index (κ3) is 4.62. The summed E-state index contributed by atoms with van der Waals surface area (Å²) in [6.45, 7) is 0.589. The molecule has 5 nitrogen and oxygen atoms in total. The van der Waals surface area contributed by atoms with Gasteiger partial charge in [-0.25, -0.2) is 0 Å². The lowest BCUT2D eigenvalue weighted by Gasteiger charge is -2.15. The van der Waals surface area contributed by atoms with Crippen LogP contribution in [0.15, 0.2) is 24.3 Å². The molecule has 0 aliphatic heterocycles. The van der Waals surface area contributed by atoms with Crippen LogP contribution in [0.4, 0.5) is 5.69 Å². The Morgan fingerprint density at radius 3 is 2.61 bits per heavy atom. The summed E-state index contributed by atoms with van der Waals surface area (Å²) in [5.41, 5.74) is 7.05. The summed E-state index contributed by atoms with van der Waals surface area (Å²) in [6, 6.07) is 7.44. The topological polar surface area (TPSA) is 73.6 Å². The van der Waals surface area contributed by atoms with Gasteiger partial charge in [-0.05, 0) is 6.07 Å². The SMILES string of the molecule is COCc1ccccc1NC(=O)C(CN)OC.Cl. The molecule has 0 saturated carbocycles. The van der Waals surface area contributed by atoms with Crippen molar-refractivity contribution in [1.82, 2.24) is 0 Å². The zero-order valence-corrected chi connectivity index (χ0v) is 11.3. The molecule has 3 N–H and O–H groups in total. The quantitative estimate of drug-likeness (QED) is 0.817. The first-order chi connectivity index (χ1) is 8.22. The van der Waals surface area contributed by atoms with Gasteiger partial charge < -0.3 is 20.5 Å². The first-order valence-electron chi connectivity index (χ1n) is 5.33. The predicted molar refractivity (Wildman–Crippen MR) is 72.9 cm³/mol. The predicted octanol–water partition coefficient (Wildman–Crippen LogP) is 1.17. The van der Waals surface area contributed by atoms with E-state index in [-0.39, 0.29) is 24.9 Å². The Labute approximate surface area is 113 Å². The molecule has 0 spiro atoms. The van der Waals surface area contributed by atoms with E-state index in [9.17, 15) is 4.79 Å². The van der Waals surface area contributed by atoms with E-state index in [4.69, 9.17) is 15.2 Å². The summed E-state index contributed by atoms with van der Waals surface area (Å²) in [5.74, 6) is -0.251. The van der Waals surface area contributed by atoms with Crippen LogP contribution in [-0.4, -0.2) is 32.8 Å². The number of benzene rings is 1. The molecule has 0 aliphatic carbocycles. The van der Waals surface area contributed by atoms with E-state index >= 15 is 0 Å². The number of hydrogen-bond donors (Lipinski definition) is 2. The molecule has 6 heteroatoms. The lowest BCUT2D eigenvalue weighted by atomic mass is 10.2. The van der Waals surface area contributed by atoms with Crippen LogP contribution < -0.4 is 11.1 Å². The number of nitrogens with two attached hydrogens (primary N) is 1. The average molecular weight is 275 g/mol. The van der Waals surface area contributed by atoms with E-state index < -0.39 is 6.10 Å². The van der Waals surface area contributed by atoms with E-state index in [2.05, 4.69) is 5.32 Å². The molecular formula is C12H19ClN2O3. The van der Waals surface area contributed by atoms with Crippen molar-refractivity contribution in [2.45, 2.75) is 12.7 Å². The third-order valence-electron chi connectivity index (χ3n) is 2.37. The van der Waals surface area contributed by atoms with Gasteiger partial charge in [0.2, 0.25) is 0 Å². The van der Waals surface area contributed by atoms with E-state index in [0.717, 1.165) is 11.3 Å². The lowest BCUT2D eigenvalue weighted by molar-refractivity contribution is -0.125. The van der Waals surface area contributed by atoms with Gasteiger partial charge in [0.15, 0.2) is 0 Å². The highest BCUT2D eigenvalue weighted by Gasteiger charge is 2.16. The zero-order chi connectivity index (χ0) is 12.7. The molecule has 0 saturated heterocycles. The second-order valence-electron chi connectivity index (χ2n) is 3.54. The summed E-state index contributed by atoms with van der Waals surface area (Å²) in [6.07, 6.45) is -0.634. The minimum Gasteiger partial charge on any atom is -0.380 e. The maximum absolute atomic E-state index is 11.8. The van der Waals surface area contributed by atoms with Crippen LogP contribution in [0.2, 0.25) is 0 Å². The van der Waals surface area contributed by atoms with Crippen LogP contribution in [0, 0.1) is 0 Å². The van der Waals surface area contributed by atoms with E-state index in [1.807, 2.05) is 24.3 Å². The Bertz CT molecular complexity index is 370. The van der Waals surface area contributed by atoms with Crippen LogP contribution in [0.5, 0.6) is 0 Å². The average Bonchev–Trinajstić information content (AvgIpc) is 2.33. The fourth-order valence-electron chi connectivity index (χ4n) is 1.45. The first kappa shape index (κ1) is 16.9. The van der Waals surface area contributed by atoms with Gasteiger partial charge in [-0.2, -0.15) is 0 Å². The minimum absolute atomic E-state index is 0. The molecule has 0 aliphatic rings. The van der Waals surface area contributed by atoms with Crippen LogP contribution in [-0.2, 0) is 20.9 Å². The Morgan fingerprint density at radius 2 is 2.06 bits per heavy atom. The number of methoxy groups -OCH3 is 2. The lowest BCUT2D eigenvalue weighted by Crippen LogP contribution is -2.36. The maximum Gasteiger partial charge on any atom is 0.254 e. The number of amides is 1. The number of hydrogen-bond acceptors (Lipinski definition) is 4. The molecule has 1 rings (SSSR count). The monoisotopic (exact) mass is 274 g/mol. The summed E-state index contributed by atoms with van der Waals surface area (Å²) in [4.78, 5) is 11.8. The molecule has 0 heterocycles. The van der Waals surface area contributed by atoms with Crippen molar-refractivity contribution in [3.8, 4) is 0 Å². The Morgan fingerprint density at radius 1 is 1.39 bits per heavy atom. The van der Waals surface area contributed by atoms with E-state index in [1.54, 1.807) is 7.11 Å². The van der Waals surface area contributed by atoms with Gasteiger partial charge in [0.25, 0.3) is 5.91 Å². The van der Waals surface area contributed by atoms with E-state index in [0.29, 0.717) is 6.61 Å². The number of anilines is 1. The number of rotatable bonds is 6. The highest BCUT2D eigenvalue weighted by Crippen LogP contribution is 2.16. The van der Waals surface area contributed by atoms with Gasteiger partial charge in [0.05, 0.1) is 6.61 Å². The Balaban J connectivity index is 0.00000289. The minimum atomic E-state index is -0.634. The molecule has 18 heavy (non-hydrogen) atoms. The summed E-state index contributed by atoms with van der Waals surface area (Å²) in [7, 11) is 3.06. The van der Waals surface area contributed by atoms with Gasteiger partial charge in [-0.15, -0.1) is 12.4 Å². The number of carbonyl (C=O) groups is 1. The van der Waals surface area contributed by atoms with Crippen molar-refractivity contribution in [3.63, 3.8) is 0 Å². The van der Waals surface area contributed by atoms with Crippen molar-refractivity contribution in [2.24, 2.45) is 5.73 Å². The van der Waals surface area contributed by atoms with Crippen LogP contribution in [0.3, 0.4) is 0 Å². The largest absolute Gasteiger partial charge is 0.380 e. The second-order valence-corrected chi connectivity index (χ2v) is 3.54. The molecule has 102 valence electrons. The van der Waals surface area contributed by atoms with Crippen molar-refractivity contribution >= 4 is 24.0 Å². The molecule has 0 aromatic heterocycles. The third-order valence-corrected chi connectivity index (χ3v) is 2.37. The number of nitrogens with one attached hydrogen (secondary N) is 1. The normalized spacial score (nSPS) is 11.5. The van der Waals surface area contributed by atoms with Crippen LogP contribution in [0.1, 0.15) is 5.56 Å². The highest BCUT2D eigenvalue weighted by atomic mass is 35.5. The zero-order valence-electron chi connectivity index (χ0n) is 10.5. The number of halogens is 1. The highest BCUT2D eigenvalue weighted by molar-refractivity contribution is 5.95. The summed E-state index contributed by atoms with van der Waals surface area (Å²) in [5, 5.41) is 2.77. The van der Waals surface area contributed by atoms with Gasteiger partial charge in [0, 0.05) is 32.0 Å². The van der Waals surface area contributed by atoms with Gasteiger partial charge in [-0.1, -0.05) is 18.2 Å². The molecule has 1 unspecified atom stereocenters.